The monoisotopic (exact) mass is 1130 g/mol. The lowest BCUT2D eigenvalue weighted by molar-refractivity contribution is 0.254. The molecular weight excluding hydrogens is 1070 g/mol. The summed E-state index contributed by atoms with van der Waals surface area (Å²) in [6.45, 7) is 3.20. The van der Waals surface area contributed by atoms with Gasteiger partial charge >= 0.3 is 0 Å². The molecular formula is C77H64O9. The highest BCUT2D eigenvalue weighted by molar-refractivity contribution is 6.06. The van der Waals surface area contributed by atoms with E-state index in [1.807, 2.05) is 237 Å². The summed E-state index contributed by atoms with van der Waals surface area (Å²) >= 11 is 0. The molecule has 0 aliphatic carbocycles. The molecule has 0 heterocycles. The van der Waals surface area contributed by atoms with Gasteiger partial charge in [-0.05, 0) is 134 Å². The Bertz CT molecular complexity index is 4110. The molecule has 12 rings (SSSR count). The number of benzene rings is 12. The van der Waals surface area contributed by atoms with Gasteiger partial charge in [-0.25, -0.2) is 0 Å². The van der Waals surface area contributed by atoms with Crippen molar-refractivity contribution in [1.29, 1.82) is 0 Å². The molecule has 12 aromatic rings. The molecule has 0 aliphatic rings. The summed E-state index contributed by atoms with van der Waals surface area (Å²) in [6, 6.07) is 93.1. The van der Waals surface area contributed by atoms with E-state index >= 15 is 0 Å². The minimum Gasteiger partial charge on any atom is -0.489 e. The second-order valence-corrected chi connectivity index (χ2v) is 20.8. The first-order valence-electron chi connectivity index (χ1n) is 28.8. The molecule has 426 valence electrons. The van der Waals surface area contributed by atoms with Crippen LogP contribution in [0, 0.1) is 0 Å². The summed E-state index contributed by atoms with van der Waals surface area (Å²) in [6.07, 6.45) is 0. The van der Waals surface area contributed by atoms with E-state index in [2.05, 4.69) is 42.5 Å². The summed E-state index contributed by atoms with van der Waals surface area (Å²) in [7, 11) is 0. The second kappa shape index (κ2) is 28.1. The largest absolute Gasteiger partial charge is 0.489 e. The molecule has 0 atom stereocenters. The van der Waals surface area contributed by atoms with Crippen LogP contribution < -0.4 is 42.6 Å². The molecule has 0 saturated heterocycles. The molecule has 0 fully saturated rings. The maximum atomic E-state index is 7.02. The predicted molar refractivity (Wildman–Crippen MR) is 338 cm³/mol. The van der Waals surface area contributed by atoms with Gasteiger partial charge in [0.15, 0.2) is 34.5 Å². The van der Waals surface area contributed by atoms with E-state index in [-0.39, 0.29) is 13.2 Å². The first kappa shape index (κ1) is 55.9. The minimum absolute atomic E-state index is 0.238. The summed E-state index contributed by atoms with van der Waals surface area (Å²) < 4.78 is 58.6. The third-order valence-electron chi connectivity index (χ3n) is 14.5. The van der Waals surface area contributed by atoms with Crippen LogP contribution in [0.25, 0.3) is 21.5 Å². The van der Waals surface area contributed by atoms with Crippen molar-refractivity contribution >= 4 is 21.5 Å². The fourth-order valence-electron chi connectivity index (χ4n) is 9.90. The molecule has 12 aromatic carbocycles. The molecule has 0 aliphatic heterocycles. The van der Waals surface area contributed by atoms with Crippen LogP contribution in [0.15, 0.2) is 279 Å². The Balaban J connectivity index is 0.823. The van der Waals surface area contributed by atoms with E-state index < -0.39 is 0 Å². The first-order chi connectivity index (χ1) is 42.6. The Labute approximate surface area is 502 Å². The van der Waals surface area contributed by atoms with E-state index in [0.717, 1.165) is 71.6 Å². The van der Waals surface area contributed by atoms with Crippen LogP contribution in [0.1, 0.15) is 50.1 Å². The Morgan fingerprint density at radius 2 is 0.477 bits per heavy atom. The van der Waals surface area contributed by atoms with E-state index in [0.29, 0.717) is 98.0 Å². The van der Waals surface area contributed by atoms with Gasteiger partial charge in [0, 0.05) is 10.8 Å². The van der Waals surface area contributed by atoms with Crippen LogP contribution >= 0.6 is 0 Å². The van der Waals surface area contributed by atoms with Crippen molar-refractivity contribution in [3.05, 3.63) is 329 Å². The number of fused-ring (bicyclic) bond motifs is 2. The summed E-state index contributed by atoms with van der Waals surface area (Å²) in [5.41, 5.74) is 9.13. The highest BCUT2D eigenvalue weighted by Gasteiger charge is 2.17. The Hall–Kier alpha value is -10.6. The van der Waals surface area contributed by atoms with Gasteiger partial charge in [-0.15, -0.1) is 0 Å². The fraction of sp³-hybridized carbons (Fsp3) is 0.117. The van der Waals surface area contributed by atoms with Gasteiger partial charge in [-0.3, -0.25) is 0 Å². The number of ether oxygens (including phenoxy) is 9. The van der Waals surface area contributed by atoms with Gasteiger partial charge in [0.2, 0.25) is 0 Å². The number of hydrogen-bond donors (Lipinski definition) is 0. The van der Waals surface area contributed by atoms with Gasteiger partial charge in [0.1, 0.15) is 76.7 Å². The van der Waals surface area contributed by atoms with Crippen LogP contribution in [0.3, 0.4) is 0 Å². The average Bonchev–Trinajstić information content (AvgIpc) is 1.82. The molecule has 0 amide bonds. The molecule has 0 bridgehead atoms. The van der Waals surface area contributed by atoms with Crippen molar-refractivity contribution in [2.24, 2.45) is 0 Å². The van der Waals surface area contributed by atoms with Crippen molar-refractivity contribution in [1.82, 2.24) is 0 Å². The van der Waals surface area contributed by atoms with E-state index in [1.165, 1.54) is 0 Å². The Morgan fingerprint density at radius 3 is 0.837 bits per heavy atom. The normalized spacial score (nSPS) is 11.0. The predicted octanol–water partition coefficient (Wildman–Crippen LogP) is 18.2. The molecule has 9 heteroatoms. The van der Waals surface area contributed by atoms with Gasteiger partial charge in [0.05, 0.1) is 0 Å². The average molecular weight is 1130 g/mol. The third kappa shape index (κ3) is 15.1. The molecule has 0 N–H and O–H groups in total. The topological polar surface area (TPSA) is 83.1 Å². The van der Waals surface area contributed by atoms with Crippen molar-refractivity contribution in [2.75, 3.05) is 0 Å². The lowest BCUT2D eigenvalue weighted by Gasteiger charge is -2.18. The van der Waals surface area contributed by atoms with Gasteiger partial charge in [-0.2, -0.15) is 0 Å². The van der Waals surface area contributed by atoms with E-state index in [1.54, 1.807) is 0 Å². The Morgan fingerprint density at radius 1 is 0.174 bits per heavy atom. The van der Waals surface area contributed by atoms with Crippen LogP contribution in [0.4, 0.5) is 0 Å². The number of hydrogen-bond acceptors (Lipinski definition) is 9. The molecule has 0 unspecified atom stereocenters. The SMILES string of the molecule is c1ccc(COc2ccc(COc3ccc4c(OCc5ccc(OCc6ccccc6)c(OCc6ccccc6)c5)c5cc(OCc6ccc(OCc7ccccc7)c(OCc7ccccc7)c6)ccc5cc4c3)cc2OCc2ccccc2)cc1. The lowest BCUT2D eigenvalue weighted by atomic mass is 10.0. The number of rotatable bonds is 27. The van der Waals surface area contributed by atoms with Gasteiger partial charge in [-0.1, -0.05) is 206 Å². The summed E-state index contributed by atoms with van der Waals surface area (Å²) in [4.78, 5) is 0. The second-order valence-electron chi connectivity index (χ2n) is 20.8. The van der Waals surface area contributed by atoms with Crippen molar-refractivity contribution in [3.63, 3.8) is 0 Å². The summed E-state index contributed by atoms with van der Waals surface area (Å²) in [5, 5.41) is 3.72. The van der Waals surface area contributed by atoms with Crippen molar-refractivity contribution in [3.8, 4) is 51.7 Å². The standard InChI is InChI=1S/C77H64O9/c1-7-19-56(20-8-1)47-80-71-38-31-62(41-74(71)83-50-59-25-13-4-14-26-59)53-78-67-36-37-69-66(45-67)44-65-34-35-68(79-54-63-32-39-72(81-48-57-21-9-2-10-22-57)75(42-63)84-51-60-27-15-5-16-28-60)46-70(65)77(69)86-55-64-33-40-73(82-49-58-23-11-3-12-24-58)76(43-64)85-52-61-29-17-6-18-30-61/h1-46H,47-55H2. The van der Waals surface area contributed by atoms with Crippen LogP contribution in [0.2, 0.25) is 0 Å². The highest BCUT2D eigenvalue weighted by atomic mass is 16.5. The highest BCUT2D eigenvalue weighted by Crippen LogP contribution is 2.41. The Kier molecular flexibility index (Phi) is 18.2. The maximum absolute atomic E-state index is 7.02. The lowest BCUT2D eigenvalue weighted by Crippen LogP contribution is -2.03. The molecule has 86 heavy (non-hydrogen) atoms. The van der Waals surface area contributed by atoms with Gasteiger partial charge < -0.3 is 42.6 Å². The quantitative estimate of drug-likeness (QED) is 0.0468. The van der Waals surface area contributed by atoms with E-state index in [9.17, 15) is 0 Å². The zero-order valence-electron chi connectivity index (χ0n) is 47.6. The van der Waals surface area contributed by atoms with Crippen molar-refractivity contribution in [2.45, 2.75) is 59.5 Å². The molecule has 0 saturated carbocycles. The summed E-state index contributed by atoms with van der Waals surface area (Å²) in [5.74, 6) is 5.95. The van der Waals surface area contributed by atoms with Gasteiger partial charge in [0.25, 0.3) is 0 Å². The van der Waals surface area contributed by atoms with Crippen LogP contribution in [0.5, 0.6) is 51.7 Å². The molecule has 0 spiro atoms. The fourth-order valence-corrected chi connectivity index (χ4v) is 9.90. The molecule has 0 radical (unpaired) electrons. The van der Waals surface area contributed by atoms with Crippen LogP contribution in [-0.2, 0) is 59.5 Å². The van der Waals surface area contributed by atoms with E-state index in [4.69, 9.17) is 42.6 Å². The third-order valence-corrected chi connectivity index (χ3v) is 14.5. The first-order valence-corrected chi connectivity index (χ1v) is 28.8. The minimum atomic E-state index is 0.238. The van der Waals surface area contributed by atoms with Crippen molar-refractivity contribution < 1.29 is 42.6 Å². The zero-order valence-corrected chi connectivity index (χ0v) is 47.6. The smallest absolute Gasteiger partial charge is 0.162 e. The molecule has 9 nitrogen and oxygen atoms in total. The maximum Gasteiger partial charge on any atom is 0.162 e. The molecule has 0 aromatic heterocycles. The van der Waals surface area contributed by atoms with Crippen LogP contribution in [-0.4, -0.2) is 0 Å². The zero-order chi connectivity index (χ0) is 58.0.